The molecule has 1 aromatic heterocycles. The van der Waals surface area contributed by atoms with E-state index in [1.54, 1.807) is 0 Å². The summed E-state index contributed by atoms with van der Waals surface area (Å²) in [6.07, 6.45) is 6.74. The molecule has 1 aliphatic carbocycles. The van der Waals surface area contributed by atoms with Crippen LogP contribution < -0.4 is 10.2 Å². The molecule has 0 spiro atoms. The van der Waals surface area contributed by atoms with Gasteiger partial charge in [0.2, 0.25) is 0 Å². The molecule has 1 saturated carbocycles. The molecule has 3 fully saturated rings. The molecule has 1 N–H and O–H groups in total. The first kappa shape index (κ1) is 13.5. The molecule has 21 heavy (non-hydrogen) atoms. The average Bonchev–Trinajstić information content (AvgIpc) is 3.01. The summed E-state index contributed by atoms with van der Waals surface area (Å²) < 4.78 is 0. The standard InChI is InChI=1S/C17H26N4/c1-2-10-20(9-1)16-8-11-21(13-16)17-5-3-4-15(19-17)12-18-14-6-7-14/h3-5,14,16,18H,1-2,6-13H2. The predicted octanol–water partition coefficient (Wildman–Crippen LogP) is 2.01. The van der Waals surface area contributed by atoms with Crippen LogP contribution in [0.15, 0.2) is 18.2 Å². The largest absolute Gasteiger partial charge is 0.355 e. The molecule has 3 heterocycles. The van der Waals surface area contributed by atoms with Crippen molar-refractivity contribution in [1.29, 1.82) is 0 Å². The maximum absolute atomic E-state index is 4.86. The summed E-state index contributed by atoms with van der Waals surface area (Å²) in [5.41, 5.74) is 1.18. The van der Waals surface area contributed by atoms with Crippen LogP contribution in [0.25, 0.3) is 0 Å². The fourth-order valence-corrected chi connectivity index (χ4v) is 3.63. The molecule has 1 atom stereocenters. The Balaban J connectivity index is 1.37. The van der Waals surface area contributed by atoms with Gasteiger partial charge in [-0.3, -0.25) is 4.90 Å². The Hall–Kier alpha value is -1.13. The molecule has 2 aliphatic heterocycles. The topological polar surface area (TPSA) is 31.4 Å². The van der Waals surface area contributed by atoms with Crippen molar-refractivity contribution in [3.05, 3.63) is 23.9 Å². The monoisotopic (exact) mass is 286 g/mol. The summed E-state index contributed by atoms with van der Waals surface area (Å²) in [7, 11) is 0. The van der Waals surface area contributed by atoms with Crippen molar-refractivity contribution in [3.8, 4) is 0 Å². The van der Waals surface area contributed by atoms with E-state index in [-0.39, 0.29) is 0 Å². The van der Waals surface area contributed by atoms with Crippen molar-refractivity contribution in [2.75, 3.05) is 31.1 Å². The summed E-state index contributed by atoms with van der Waals surface area (Å²) in [4.78, 5) is 10.0. The zero-order valence-electron chi connectivity index (χ0n) is 12.8. The van der Waals surface area contributed by atoms with E-state index in [4.69, 9.17) is 4.98 Å². The van der Waals surface area contributed by atoms with Gasteiger partial charge in [0.1, 0.15) is 5.82 Å². The average molecular weight is 286 g/mol. The minimum atomic E-state index is 0.752. The number of rotatable bonds is 5. The Labute approximate surface area is 127 Å². The fourth-order valence-electron chi connectivity index (χ4n) is 3.63. The first-order valence-corrected chi connectivity index (χ1v) is 8.57. The Morgan fingerprint density at radius 2 is 1.95 bits per heavy atom. The second-order valence-corrected chi connectivity index (χ2v) is 6.77. The molecule has 0 amide bonds. The van der Waals surface area contributed by atoms with E-state index in [9.17, 15) is 0 Å². The lowest BCUT2D eigenvalue weighted by Gasteiger charge is -2.24. The predicted molar refractivity (Wildman–Crippen MR) is 85.5 cm³/mol. The van der Waals surface area contributed by atoms with Gasteiger partial charge < -0.3 is 10.2 Å². The molecule has 2 saturated heterocycles. The summed E-state index contributed by atoms with van der Waals surface area (Å²) in [6.45, 7) is 5.84. The second kappa shape index (κ2) is 5.93. The zero-order valence-corrected chi connectivity index (χ0v) is 12.8. The Morgan fingerprint density at radius 3 is 2.76 bits per heavy atom. The minimum Gasteiger partial charge on any atom is -0.355 e. The highest BCUT2D eigenvalue weighted by Gasteiger charge is 2.29. The van der Waals surface area contributed by atoms with Gasteiger partial charge in [0.25, 0.3) is 0 Å². The first-order valence-electron chi connectivity index (χ1n) is 8.57. The molecule has 3 aliphatic rings. The number of anilines is 1. The highest BCUT2D eigenvalue weighted by molar-refractivity contribution is 5.41. The zero-order chi connectivity index (χ0) is 14.1. The van der Waals surface area contributed by atoms with Crippen LogP contribution in [0.2, 0.25) is 0 Å². The number of pyridine rings is 1. The van der Waals surface area contributed by atoms with Gasteiger partial charge in [-0.15, -0.1) is 0 Å². The van der Waals surface area contributed by atoms with Crippen LogP contribution in [0.5, 0.6) is 0 Å². The molecular formula is C17H26N4. The van der Waals surface area contributed by atoms with E-state index < -0.39 is 0 Å². The van der Waals surface area contributed by atoms with Crippen LogP contribution in [-0.2, 0) is 6.54 Å². The normalized spacial score (nSPS) is 26.7. The Kier molecular flexibility index (Phi) is 3.82. The van der Waals surface area contributed by atoms with Gasteiger partial charge in [-0.2, -0.15) is 0 Å². The van der Waals surface area contributed by atoms with Gasteiger partial charge >= 0.3 is 0 Å². The molecule has 4 rings (SSSR count). The van der Waals surface area contributed by atoms with Gasteiger partial charge in [0, 0.05) is 31.7 Å². The van der Waals surface area contributed by atoms with E-state index in [1.807, 2.05) is 0 Å². The third-order valence-corrected chi connectivity index (χ3v) is 5.09. The Bertz CT molecular complexity index is 479. The maximum atomic E-state index is 4.86. The summed E-state index contributed by atoms with van der Waals surface area (Å²) in [5.74, 6) is 1.17. The van der Waals surface area contributed by atoms with Crippen molar-refractivity contribution in [1.82, 2.24) is 15.2 Å². The number of likely N-dealkylation sites (tertiary alicyclic amines) is 1. The SMILES string of the molecule is c1cc(CNC2CC2)nc(N2CCC(N3CCCC3)C2)c1. The number of hydrogen-bond acceptors (Lipinski definition) is 4. The Morgan fingerprint density at radius 1 is 1.10 bits per heavy atom. The second-order valence-electron chi connectivity index (χ2n) is 6.77. The van der Waals surface area contributed by atoms with E-state index >= 15 is 0 Å². The molecule has 0 bridgehead atoms. The molecular weight excluding hydrogens is 260 g/mol. The molecule has 4 nitrogen and oxygen atoms in total. The van der Waals surface area contributed by atoms with Crippen LogP contribution in [-0.4, -0.2) is 48.1 Å². The molecule has 1 aromatic rings. The lowest BCUT2D eigenvalue weighted by atomic mass is 10.2. The quantitative estimate of drug-likeness (QED) is 0.897. The van der Waals surface area contributed by atoms with Crippen LogP contribution in [0.3, 0.4) is 0 Å². The number of hydrogen-bond donors (Lipinski definition) is 1. The van der Waals surface area contributed by atoms with Crippen LogP contribution >= 0.6 is 0 Å². The third kappa shape index (κ3) is 3.22. The minimum absolute atomic E-state index is 0.752. The third-order valence-electron chi connectivity index (χ3n) is 5.09. The smallest absolute Gasteiger partial charge is 0.128 e. The van der Waals surface area contributed by atoms with E-state index in [2.05, 4.69) is 33.3 Å². The number of nitrogens with zero attached hydrogens (tertiary/aromatic N) is 3. The molecule has 0 aromatic carbocycles. The lowest BCUT2D eigenvalue weighted by Crippen LogP contribution is -2.35. The van der Waals surface area contributed by atoms with Crippen LogP contribution in [0.1, 0.15) is 37.8 Å². The number of aromatic nitrogens is 1. The van der Waals surface area contributed by atoms with E-state index in [0.29, 0.717) is 0 Å². The first-order chi connectivity index (χ1) is 10.4. The van der Waals surface area contributed by atoms with Gasteiger partial charge in [-0.05, 0) is 57.3 Å². The van der Waals surface area contributed by atoms with E-state index in [0.717, 1.165) is 31.7 Å². The molecule has 4 heteroatoms. The fraction of sp³-hybridized carbons (Fsp3) is 0.706. The molecule has 1 unspecified atom stereocenters. The van der Waals surface area contributed by atoms with Crippen molar-refractivity contribution in [2.45, 2.75) is 50.7 Å². The van der Waals surface area contributed by atoms with Crippen LogP contribution in [0, 0.1) is 0 Å². The highest BCUT2D eigenvalue weighted by atomic mass is 15.3. The lowest BCUT2D eigenvalue weighted by molar-refractivity contribution is 0.260. The van der Waals surface area contributed by atoms with Crippen molar-refractivity contribution >= 4 is 5.82 Å². The van der Waals surface area contributed by atoms with Crippen LogP contribution in [0.4, 0.5) is 5.82 Å². The van der Waals surface area contributed by atoms with Gasteiger partial charge in [0.05, 0.1) is 5.69 Å². The maximum Gasteiger partial charge on any atom is 0.128 e. The summed E-state index contributed by atoms with van der Waals surface area (Å²) in [6, 6.07) is 7.99. The van der Waals surface area contributed by atoms with Crippen molar-refractivity contribution < 1.29 is 0 Å². The van der Waals surface area contributed by atoms with Gasteiger partial charge in [0.15, 0.2) is 0 Å². The molecule has 114 valence electrons. The number of nitrogens with one attached hydrogen (secondary N) is 1. The summed E-state index contributed by atoms with van der Waals surface area (Å²) >= 11 is 0. The van der Waals surface area contributed by atoms with Crippen molar-refractivity contribution in [2.24, 2.45) is 0 Å². The summed E-state index contributed by atoms with van der Waals surface area (Å²) in [5, 5.41) is 3.55. The van der Waals surface area contributed by atoms with Gasteiger partial charge in [-0.1, -0.05) is 6.07 Å². The van der Waals surface area contributed by atoms with E-state index in [1.165, 1.54) is 56.7 Å². The van der Waals surface area contributed by atoms with Crippen molar-refractivity contribution in [3.63, 3.8) is 0 Å². The van der Waals surface area contributed by atoms with Gasteiger partial charge in [-0.25, -0.2) is 4.98 Å². The highest BCUT2D eigenvalue weighted by Crippen LogP contribution is 2.24. The molecule has 0 radical (unpaired) electrons.